The van der Waals surface area contributed by atoms with Gasteiger partial charge in [-0.3, -0.25) is 10.8 Å². The number of rotatable bonds is 14. The van der Waals surface area contributed by atoms with Crippen LogP contribution in [-0.4, -0.2) is 24.9 Å². The zero-order valence-corrected chi connectivity index (χ0v) is 19.4. The molecule has 0 saturated carbocycles. The number of nitrogens with one attached hydrogen (secondary N) is 2. The van der Waals surface area contributed by atoms with Gasteiger partial charge in [0.2, 0.25) is 0 Å². The topological polar surface area (TPSA) is 118 Å². The molecule has 0 heterocycles. The normalized spacial score (nSPS) is 9.81. The third-order valence-electron chi connectivity index (χ3n) is 4.54. The monoisotopic (exact) mass is 468 g/mol. The molecule has 0 saturated heterocycles. The van der Waals surface area contributed by atoms with Gasteiger partial charge in [-0.1, -0.05) is 24.3 Å². The molecule has 2 rings (SSSR count). The van der Waals surface area contributed by atoms with E-state index in [0.717, 1.165) is 54.7 Å². The van der Waals surface area contributed by atoms with Crippen LogP contribution in [-0.2, 0) is 12.8 Å². The molecule has 0 fully saturated rings. The Morgan fingerprint density at radius 1 is 0.613 bits per heavy atom. The number of hydrogen-bond acceptors (Lipinski definition) is 4. The van der Waals surface area contributed by atoms with Crippen molar-refractivity contribution in [3.63, 3.8) is 0 Å². The van der Waals surface area contributed by atoms with Crippen LogP contribution in [0.15, 0.2) is 48.5 Å². The molecule has 0 aliphatic heterocycles. The first-order chi connectivity index (χ1) is 14.0. The standard InChI is InChI=1S/C23H32N4O2.2ClH/c24-22(25)14-8-18-4-10-20(11-5-18)28-16-2-1-3-17-29-21-12-6-19(7-13-21)9-15-23(26)27;;/h4-7,10-13H,1-3,8-9,14-17H2,(H3,24,25)(H3,26,27);2*1H. The summed E-state index contributed by atoms with van der Waals surface area (Å²) in [7, 11) is 0. The highest BCUT2D eigenvalue weighted by Gasteiger charge is 2.00. The van der Waals surface area contributed by atoms with Crippen LogP contribution in [0, 0.1) is 10.8 Å². The lowest BCUT2D eigenvalue weighted by atomic mass is 10.1. The van der Waals surface area contributed by atoms with Crippen molar-refractivity contribution in [1.82, 2.24) is 0 Å². The van der Waals surface area contributed by atoms with Gasteiger partial charge in [0.05, 0.1) is 24.9 Å². The van der Waals surface area contributed by atoms with Crippen LogP contribution in [0.3, 0.4) is 0 Å². The van der Waals surface area contributed by atoms with E-state index in [9.17, 15) is 0 Å². The molecule has 2 aromatic carbocycles. The molecule has 0 aromatic heterocycles. The molecule has 0 spiro atoms. The quantitative estimate of drug-likeness (QED) is 0.179. The first kappa shape index (κ1) is 28.6. The fourth-order valence-corrected chi connectivity index (χ4v) is 2.82. The molecule has 8 heteroatoms. The summed E-state index contributed by atoms with van der Waals surface area (Å²) in [4.78, 5) is 0. The summed E-state index contributed by atoms with van der Waals surface area (Å²) < 4.78 is 11.5. The van der Waals surface area contributed by atoms with Gasteiger partial charge in [-0.05, 0) is 67.5 Å². The first-order valence-electron chi connectivity index (χ1n) is 10.1. The molecule has 0 bridgehead atoms. The van der Waals surface area contributed by atoms with Gasteiger partial charge < -0.3 is 20.9 Å². The third kappa shape index (κ3) is 12.8. The van der Waals surface area contributed by atoms with E-state index < -0.39 is 0 Å². The van der Waals surface area contributed by atoms with E-state index >= 15 is 0 Å². The molecule has 0 aliphatic carbocycles. The lowest BCUT2D eigenvalue weighted by Crippen LogP contribution is -2.10. The molecular formula is C23H34Cl2N4O2. The maximum Gasteiger partial charge on any atom is 0.119 e. The second-order valence-electron chi connectivity index (χ2n) is 7.10. The Labute approximate surface area is 197 Å². The predicted octanol–water partition coefficient (Wildman–Crippen LogP) is 4.90. The van der Waals surface area contributed by atoms with Crippen LogP contribution < -0.4 is 20.9 Å². The summed E-state index contributed by atoms with van der Waals surface area (Å²) >= 11 is 0. The molecule has 172 valence electrons. The van der Waals surface area contributed by atoms with Crippen LogP contribution >= 0.6 is 24.8 Å². The second kappa shape index (κ2) is 16.3. The summed E-state index contributed by atoms with van der Waals surface area (Å²) in [6.45, 7) is 1.38. The molecule has 31 heavy (non-hydrogen) atoms. The number of ether oxygens (including phenoxy) is 2. The van der Waals surface area contributed by atoms with Crippen molar-refractivity contribution < 1.29 is 9.47 Å². The fourth-order valence-electron chi connectivity index (χ4n) is 2.82. The van der Waals surface area contributed by atoms with E-state index in [1.54, 1.807) is 0 Å². The Morgan fingerprint density at radius 2 is 0.968 bits per heavy atom. The van der Waals surface area contributed by atoms with Crippen molar-refractivity contribution in [2.45, 2.75) is 44.9 Å². The number of amidine groups is 2. The lowest BCUT2D eigenvalue weighted by Gasteiger charge is -2.09. The highest BCUT2D eigenvalue weighted by atomic mass is 35.5. The summed E-state index contributed by atoms with van der Waals surface area (Å²) in [5, 5.41) is 14.5. The zero-order valence-electron chi connectivity index (χ0n) is 17.8. The first-order valence-corrected chi connectivity index (χ1v) is 10.1. The molecule has 0 radical (unpaired) electrons. The van der Waals surface area contributed by atoms with Crippen molar-refractivity contribution in [1.29, 1.82) is 10.8 Å². The number of halogens is 2. The van der Waals surface area contributed by atoms with E-state index in [0.29, 0.717) is 26.1 Å². The van der Waals surface area contributed by atoms with Gasteiger partial charge in [-0.2, -0.15) is 0 Å². The number of aryl methyl sites for hydroxylation is 2. The Hall–Kier alpha value is -2.44. The summed E-state index contributed by atoms with van der Waals surface area (Å²) in [6, 6.07) is 16.0. The van der Waals surface area contributed by atoms with Crippen molar-refractivity contribution in [3.8, 4) is 11.5 Å². The van der Waals surface area contributed by atoms with Crippen molar-refractivity contribution in [2.24, 2.45) is 11.5 Å². The molecule has 0 unspecified atom stereocenters. The van der Waals surface area contributed by atoms with Crippen molar-refractivity contribution in [3.05, 3.63) is 59.7 Å². The minimum Gasteiger partial charge on any atom is -0.494 e. The number of hydrogen-bond donors (Lipinski definition) is 4. The largest absolute Gasteiger partial charge is 0.494 e. The Bertz CT molecular complexity index is 703. The zero-order chi connectivity index (χ0) is 20.9. The fraction of sp³-hybridized carbons (Fsp3) is 0.391. The van der Waals surface area contributed by atoms with E-state index in [2.05, 4.69) is 0 Å². The van der Waals surface area contributed by atoms with Gasteiger partial charge in [-0.25, -0.2) is 0 Å². The average Bonchev–Trinajstić information content (AvgIpc) is 2.71. The Balaban J connectivity index is 0.00000450. The Kier molecular flexibility index (Phi) is 15.0. The molecule has 0 amide bonds. The van der Waals surface area contributed by atoms with Crippen LogP contribution in [0.25, 0.3) is 0 Å². The van der Waals surface area contributed by atoms with Gasteiger partial charge in [0.25, 0.3) is 0 Å². The van der Waals surface area contributed by atoms with E-state index in [4.69, 9.17) is 31.8 Å². The molecule has 0 atom stereocenters. The van der Waals surface area contributed by atoms with Gasteiger partial charge in [0.15, 0.2) is 0 Å². The lowest BCUT2D eigenvalue weighted by molar-refractivity contribution is 0.279. The third-order valence-corrected chi connectivity index (χ3v) is 4.54. The van der Waals surface area contributed by atoms with Crippen LogP contribution in [0.5, 0.6) is 11.5 Å². The van der Waals surface area contributed by atoms with Gasteiger partial charge in [-0.15, -0.1) is 24.8 Å². The number of unbranched alkanes of at least 4 members (excludes halogenated alkanes) is 2. The molecule has 6 N–H and O–H groups in total. The maximum absolute atomic E-state index is 7.27. The van der Waals surface area contributed by atoms with Crippen LogP contribution in [0.1, 0.15) is 43.2 Å². The SMILES string of the molecule is Cl.Cl.N=C(N)CCc1ccc(OCCCCCOc2ccc(CCC(=N)N)cc2)cc1. The highest BCUT2D eigenvalue weighted by molar-refractivity contribution is 5.85. The van der Waals surface area contributed by atoms with Crippen LogP contribution in [0.4, 0.5) is 0 Å². The molecule has 6 nitrogen and oxygen atoms in total. The number of benzene rings is 2. The average molecular weight is 469 g/mol. The van der Waals surface area contributed by atoms with E-state index in [1.807, 2.05) is 48.5 Å². The van der Waals surface area contributed by atoms with Gasteiger partial charge in [0.1, 0.15) is 11.5 Å². The smallest absolute Gasteiger partial charge is 0.119 e. The molecule has 0 aliphatic rings. The predicted molar refractivity (Wildman–Crippen MR) is 133 cm³/mol. The van der Waals surface area contributed by atoms with Crippen molar-refractivity contribution >= 4 is 36.5 Å². The maximum atomic E-state index is 7.27. The van der Waals surface area contributed by atoms with Gasteiger partial charge >= 0.3 is 0 Å². The highest BCUT2D eigenvalue weighted by Crippen LogP contribution is 2.15. The van der Waals surface area contributed by atoms with Crippen LogP contribution in [0.2, 0.25) is 0 Å². The molecular weight excluding hydrogens is 435 g/mol. The summed E-state index contributed by atoms with van der Waals surface area (Å²) in [6.07, 6.45) is 5.78. The van der Waals surface area contributed by atoms with E-state index in [1.165, 1.54) is 0 Å². The molecule has 2 aromatic rings. The number of nitrogens with two attached hydrogens (primary N) is 2. The van der Waals surface area contributed by atoms with E-state index in [-0.39, 0.29) is 36.5 Å². The summed E-state index contributed by atoms with van der Waals surface area (Å²) in [5.74, 6) is 2.18. The van der Waals surface area contributed by atoms with Gasteiger partial charge in [0, 0.05) is 12.8 Å². The Morgan fingerprint density at radius 3 is 1.29 bits per heavy atom. The minimum atomic E-state index is 0. The second-order valence-corrected chi connectivity index (χ2v) is 7.10. The summed E-state index contributed by atoms with van der Waals surface area (Å²) in [5.41, 5.74) is 13.1. The minimum absolute atomic E-state index is 0. The van der Waals surface area contributed by atoms with Crippen molar-refractivity contribution in [2.75, 3.05) is 13.2 Å².